The number of nitrogens with zero attached hydrogens (tertiary/aromatic N) is 3. The summed E-state index contributed by atoms with van der Waals surface area (Å²) in [5.74, 6) is 1.81. The van der Waals surface area contributed by atoms with E-state index in [0.717, 1.165) is 13.1 Å². The van der Waals surface area contributed by atoms with Crippen LogP contribution in [0.15, 0.2) is 6.20 Å². The highest BCUT2D eigenvalue weighted by Gasteiger charge is 2.28. The molecule has 20 heavy (non-hydrogen) atoms. The molecule has 1 aromatic heterocycles. The average Bonchev–Trinajstić information content (AvgIpc) is 2.37. The van der Waals surface area contributed by atoms with Gasteiger partial charge in [0.15, 0.2) is 5.69 Å². The Hall–Kier alpha value is -1.16. The van der Waals surface area contributed by atoms with Gasteiger partial charge in [0.05, 0.1) is 11.2 Å². The first kappa shape index (κ1) is 15.2. The van der Waals surface area contributed by atoms with Gasteiger partial charge in [0, 0.05) is 19.0 Å². The summed E-state index contributed by atoms with van der Waals surface area (Å²) in [5, 5.41) is 0.338. The maximum atomic E-state index is 12.6. The standard InChI is InChI=1S/C15H22ClN3O/c1-9(2)14-17-6-12(16)13(18-14)15(20)19-7-10(3)5-11(4)8-19/h6,9-11H,5,7-8H2,1-4H3/t10-,11+. The molecule has 0 unspecified atom stereocenters. The lowest BCUT2D eigenvalue weighted by molar-refractivity contribution is 0.0617. The van der Waals surface area contributed by atoms with Crippen LogP contribution in [-0.2, 0) is 0 Å². The van der Waals surface area contributed by atoms with E-state index in [-0.39, 0.29) is 11.8 Å². The summed E-state index contributed by atoms with van der Waals surface area (Å²) in [4.78, 5) is 23.1. The molecule has 1 amide bonds. The number of carbonyl (C=O) groups is 1. The molecule has 0 N–H and O–H groups in total. The van der Waals surface area contributed by atoms with Crippen molar-refractivity contribution < 1.29 is 4.79 Å². The molecule has 0 aromatic carbocycles. The molecule has 110 valence electrons. The first-order valence-electron chi connectivity index (χ1n) is 7.20. The van der Waals surface area contributed by atoms with Crippen LogP contribution in [0.3, 0.4) is 0 Å². The third-order valence-corrected chi connectivity index (χ3v) is 3.91. The fourth-order valence-corrected chi connectivity index (χ4v) is 2.96. The first-order chi connectivity index (χ1) is 9.38. The summed E-state index contributed by atoms with van der Waals surface area (Å²) < 4.78 is 0. The monoisotopic (exact) mass is 295 g/mol. The molecule has 5 heteroatoms. The Morgan fingerprint density at radius 1 is 1.35 bits per heavy atom. The minimum atomic E-state index is -0.0716. The van der Waals surface area contributed by atoms with Gasteiger partial charge in [0.25, 0.3) is 5.91 Å². The van der Waals surface area contributed by atoms with Crippen molar-refractivity contribution in [3.05, 3.63) is 22.7 Å². The van der Waals surface area contributed by atoms with E-state index < -0.39 is 0 Å². The third-order valence-electron chi connectivity index (χ3n) is 3.64. The molecule has 1 aliphatic heterocycles. The predicted octanol–water partition coefficient (Wildman–Crippen LogP) is 3.37. The van der Waals surface area contributed by atoms with E-state index in [1.54, 1.807) is 0 Å². The molecule has 0 bridgehead atoms. The second-order valence-corrected chi connectivity index (χ2v) is 6.64. The second kappa shape index (κ2) is 6.08. The minimum absolute atomic E-state index is 0.0716. The van der Waals surface area contributed by atoms with E-state index in [1.807, 2.05) is 18.7 Å². The van der Waals surface area contributed by atoms with Crippen molar-refractivity contribution in [1.82, 2.24) is 14.9 Å². The summed E-state index contributed by atoms with van der Waals surface area (Å²) in [5.41, 5.74) is 0.340. The van der Waals surface area contributed by atoms with Crippen LogP contribution < -0.4 is 0 Å². The zero-order valence-electron chi connectivity index (χ0n) is 12.6. The Bertz CT molecular complexity index is 494. The van der Waals surface area contributed by atoms with E-state index in [0.29, 0.717) is 28.4 Å². The van der Waals surface area contributed by atoms with Crippen LogP contribution in [-0.4, -0.2) is 33.9 Å². The molecule has 0 saturated carbocycles. The smallest absolute Gasteiger partial charge is 0.274 e. The fourth-order valence-electron chi connectivity index (χ4n) is 2.79. The van der Waals surface area contributed by atoms with Gasteiger partial charge in [-0.05, 0) is 18.3 Å². The van der Waals surface area contributed by atoms with Crippen molar-refractivity contribution >= 4 is 17.5 Å². The van der Waals surface area contributed by atoms with Gasteiger partial charge < -0.3 is 4.90 Å². The summed E-state index contributed by atoms with van der Waals surface area (Å²) in [6.45, 7) is 9.92. The van der Waals surface area contributed by atoms with Crippen molar-refractivity contribution in [3.8, 4) is 0 Å². The van der Waals surface area contributed by atoms with Crippen molar-refractivity contribution in [3.63, 3.8) is 0 Å². The number of halogens is 1. The Morgan fingerprint density at radius 2 is 1.95 bits per heavy atom. The highest BCUT2D eigenvalue weighted by Crippen LogP contribution is 2.24. The van der Waals surface area contributed by atoms with E-state index >= 15 is 0 Å². The van der Waals surface area contributed by atoms with Crippen LogP contribution in [0.2, 0.25) is 5.02 Å². The highest BCUT2D eigenvalue weighted by molar-refractivity contribution is 6.33. The SMILES string of the molecule is CC(C)c1ncc(Cl)c(C(=O)N2C[C@H](C)C[C@H](C)C2)n1. The Balaban J connectivity index is 2.26. The minimum Gasteiger partial charge on any atom is -0.337 e. The van der Waals surface area contributed by atoms with Gasteiger partial charge in [-0.25, -0.2) is 9.97 Å². The van der Waals surface area contributed by atoms with Gasteiger partial charge in [-0.1, -0.05) is 39.3 Å². The zero-order chi connectivity index (χ0) is 14.9. The predicted molar refractivity (Wildman–Crippen MR) is 80.0 cm³/mol. The maximum absolute atomic E-state index is 12.6. The molecule has 1 saturated heterocycles. The molecule has 4 nitrogen and oxygen atoms in total. The van der Waals surface area contributed by atoms with Gasteiger partial charge in [-0.15, -0.1) is 0 Å². The normalized spacial score (nSPS) is 23.2. The number of carbonyl (C=O) groups excluding carboxylic acids is 1. The van der Waals surface area contributed by atoms with Crippen LogP contribution >= 0.6 is 11.6 Å². The number of hydrogen-bond acceptors (Lipinski definition) is 3. The Kier molecular flexibility index (Phi) is 4.63. The van der Waals surface area contributed by atoms with Crippen LogP contribution in [0.4, 0.5) is 0 Å². The van der Waals surface area contributed by atoms with E-state index in [9.17, 15) is 4.79 Å². The van der Waals surface area contributed by atoms with Gasteiger partial charge in [-0.2, -0.15) is 0 Å². The van der Waals surface area contributed by atoms with Crippen molar-refractivity contribution in [2.75, 3.05) is 13.1 Å². The molecule has 1 aliphatic rings. The average molecular weight is 296 g/mol. The largest absolute Gasteiger partial charge is 0.337 e. The zero-order valence-corrected chi connectivity index (χ0v) is 13.3. The molecular weight excluding hydrogens is 274 g/mol. The number of rotatable bonds is 2. The van der Waals surface area contributed by atoms with Crippen molar-refractivity contribution in [1.29, 1.82) is 0 Å². The topological polar surface area (TPSA) is 46.1 Å². The van der Waals surface area contributed by atoms with E-state index in [2.05, 4.69) is 23.8 Å². The fraction of sp³-hybridized carbons (Fsp3) is 0.667. The Morgan fingerprint density at radius 3 is 2.50 bits per heavy atom. The molecular formula is C15H22ClN3O. The number of hydrogen-bond donors (Lipinski definition) is 0. The molecule has 2 rings (SSSR count). The van der Waals surface area contributed by atoms with Crippen molar-refractivity contribution in [2.24, 2.45) is 11.8 Å². The lowest BCUT2D eigenvalue weighted by atomic mass is 9.92. The Labute approximate surface area is 125 Å². The van der Waals surface area contributed by atoms with Crippen LogP contribution in [0, 0.1) is 11.8 Å². The number of likely N-dealkylation sites (tertiary alicyclic amines) is 1. The number of aromatic nitrogens is 2. The molecule has 0 spiro atoms. The molecule has 2 heterocycles. The second-order valence-electron chi connectivity index (χ2n) is 6.24. The lowest BCUT2D eigenvalue weighted by Gasteiger charge is -2.34. The molecule has 1 fully saturated rings. The van der Waals surface area contributed by atoms with Crippen LogP contribution in [0.1, 0.15) is 56.3 Å². The summed E-state index contributed by atoms with van der Waals surface area (Å²) >= 11 is 6.12. The summed E-state index contributed by atoms with van der Waals surface area (Å²) in [6, 6.07) is 0. The van der Waals surface area contributed by atoms with Gasteiger partial charge >= 0.3 is 0 Å². The highest BCUT2D eigenvalue weighted by atomic mass is 35.5. The maximum Gasteiger partial charge on any atom is 0.274 e. The number of piperidine rings is 1. The van der Waals surface area contributed by atoms with Crippen LogP contribution in [0.25, 0.3) is 0 Å². The molecule has 0 aliphatic carbocycles. The summed E-state index contributed by atoms with van der Waals surface area (Å²) in [6.07, 6.45) is 2.70. The first-order valence-corrected chi connectivity index (χ1v) is 7.58. The number of amides is 1. The van der Waals surface area contributed by atoms with Gasteiger partial charge in [-0.3, -0.25) is 4.79 Å². The van der Waals surface area contributed by atoms with Crippen molar-refractivity contribution in [2.45, 2.75) is 40.0 Å². The van der Waals surface area contributed by atoms with Crippen LogP contribution in [0.5, 0.6) is 0 Å². The molecule has 2 atom stereocenters. The summed E-state index contributed by atoms with van der Waals surface area (Å²) in [7, 11) is 0. The van der Waals surface area contributed by atoms with Gasteiger partial charge in [0.1, 0.15) is 5.82 Å². The lowest BCUT2D eigenvalue weighted by Crippen LogP contribution is -2.43. The van der Waals surface area contributed by atoms with E-state index in [1.165, 1.54) is 12.6 Å². The quantitative estimate of drug-likeness (QED) is 0.840. The molecule has 1 aromatic rings. The third kappa shape index (κ3) is 3.29. The van der Waals surface area contributed by atoms with E-state index in [4.69, 9.17) is 11.6 Å². The van der Waals surface area contributed by atoms with Gasteiger partial charge in [0.2, 0.25) is 0 Å². The molecule has 0 radical (unpaired) electrons.